The van der Waals surface area contributed by atoms with Gasteiger partial charge >= 0.3 is 0 Å². The van der Waals surface area contributed by atoms with Crippen molar-refractivity contribution in [2.45, 2.75) is 64.9 Å². The molecular weight excluding hydrogens is 242 g/mol. The van der Waals surface area contributed by atoms with E-state index in [0.29, 0.717) is 12.8 Å². The van der Waals surface area contributed by atoms with E-state index in [1.54, 1.807) is 0 Å². The van der Waals surface area contributed by atoms with Crippen molar-refractivity contribution >= 4 is 11.8 Å². The molecule has 2 amide bonds. The summed E-state index contributed by atoms with van der Waals surface area (Å²) in [6.07, 6.45) is 5.82. The minimum Gasteiger partial charge on any atom is -0.391 e. The van der Waals surface area contributed by atoms with Crippen LogP contribution in [0.2, 0.25) is 0 Å². The zero-order valence-electron chi connectivity index (χ0n) is 12.0. The van der Waals surface area contributed by atoms with Crippen LogP contribution in [0.4, 0.5) is 0 Å². The Balaban J connectivity index is 1.94. The summed E-state index contributed by atoms with van der Waals surface area (Å²) >= 11 is 0. The van der Waals surface area contributed by atoms with Crippen LogP contribution >= 0.6 is 0 Å². The summed E-state index contributed by atoms with van der Waals surface area (Å²) in [7, 11) is 0. The fourth-order valence-corrected chi connectivity index (χ4v) is 3.27. The second-order valence-electron chi connectivity index (χ2n) is 6.88. The molecule has 0 aromatic carbocycles. The highest BCUT2D eigenvalue weighted by atomic mass is 16.3. The molecule has 108 valence electrons. The van der Waals surface area contributed by atoms with Crippen molar-refractivity contribution < 1.29 is 14.7 Å². The molecular formula is C15H25NO3. The SMILES string of the molecule is CC1(C)CC(=O)N(CC(O)C2CCCCC2)C(=O)C1. The van der Waals surface area contributed by atoms with Crippen molar-refractivity contribution in [3.05, 3.63) is 0 Å². The first-order chi connectivity index (χ1) is 8.89. The maximum absolute atomic E-state index is 12.0. The average molecular weight is 267 g/mol. The highest BCUT2D eigenvalue weighted by molar-refractivity contribution is 5.98. The molecule has 19 heavy (non-hydrogen) atoms. The van der Waals surface area contributed by atoms with E-state index >= 15 is 0 Å². The van der Waals surface area contributed by atoms with E-state index in [2.05, 4.69) is 0 Å². The van der Waals surface area contributed by atoms with Crippen LogP contribution in [0.5, 0.6) is 0 Å². The number of carbonyl (C=O) groups is 2. The number of β-amino-alcohol motifs (C(OH)–C–C–N with tert-alkyl or cyclic N) is 1. The van der Waals surface area contributed by atoms with Gasteiger partial charge in [-0.15, -0.1) is 0 Å². The fourth-order valence-electron chi connectivity index (χ4n) is 3.27. The van der Waals surface area contributed by atoms with E-state index in [0.717, 1.165) is 25.7 Å². The number of amides is 2. The molecule has 1 N–H and O–H groups in total. The lowest BCUT2D eigenvalue weighted by Gasteiger charge is -2.37. The lowest BCUT2D eigenvalue weighted by molar-refractivity contribution is -0.154. The van der Waals surface area contributed by atoms with Gasteiger partial charge < -0.3 is 5.11 Å². The molecule has 1 unspecified atom stereocenters. The van der Waals surface area contributed by atoms with Gasteiger partial charge in [0.25, 0.3) is 0 Å². The van der Waals surface area contributed by atoms with Crippen LogP contribution in [-0.2, 0) is 9.59 Å². The number of imide groups is 1. The van der Waals surface area contributed by atoms with E-state index in [4.69, 9.17) is 0 Å². The second-order valence-corrected chi connectivity index (χ2v) is 6.88. The van der Waals surface area contributed by atoms with E-state index in [-0.39, 0.29) is 29.7 Å². The normalized spacial score (nSPS) is 26.6. The van der Waals surface area contributed by atoms with Gasteiger partial charge in [0, 0.05) is 12.8 Å². The van der Waals surface area contributed by atoms with Crippen molar-refractivity contribution in [3.63, 3.8) is 0 Å². The Morgan fingerprint density at radius 1 is 1.16 bits per heavy atom. The van der Waals surface area contributed by atoms with Crippen LogP contribution in [-0.4, -0.2) is 34.5 Å². The van der Waals surface area contributed by atoms with Gasteiger partial charge in [-0.3, -0.25) is 14.5 Å². The zero-order valence-corrected chi connectivity index (χ0v) is 12.0. The molecule has 0 aromatic rings. The monoisotopic (exact) mass is 267 g/mol. The van der Waals surface area contributed by atoms with Gasteiger partial charge in [0.2, 0.25) is 11.8 Å². The first-order valence-corrected chi connectivity index (χ1v) is 7.40. The van der Waals surface area contributed by atoms with Gasteiger partial charge in [-0.25, -0.2) is 0 Å². The highest BCUT2D eigenvalue weighted by Crippen LogP contribution is 2.33. The van der Waals surface area contributed by atoms with Gasteiger partial charge in [-0.1, -0.05) is 33.1 Å². The number of hydrogen-bond donors (Lipinski definition) is 1. The number of rotatable bonds is 3. The minimum absolute atomic E-state index is 0.129. The Kier molecular flexibility index (Phi) is 4.29. The second kappa shape index (κ2) is 5.61. The van der Waals surface area contributed by atoms with Crippen LogP contribution in [0.25, 0.3) is 0 Å². The zero-order chi connectivity index (χ0) is 14.0. The molecule has 0 bridgehead atoms. The molecule has 0 spiro atoms. The third-order valence-electron chi connectivity index (χ3n) is 4.43. The maximum atomic E-state index is 12.0. The number of carbonyl (C=O) groups excluding carboxylic acids is 2. The van der Waals surface area contributed by atoms with Crippen LogP contribution in [0.3, 0.4) is 0 Å². The summed E-state index contributed by atoms with van der Waals surface area (Å²) in [5.74, 6) is -0.00324. The summed E-state index contributed by atoms with van der Waals surface area (Å²) in [5.41, 5.74) is -0.236. The van der Waals surface area contributed by atoms with Crippen LogP contribution < -0.4 is 0 Å². The number of nitrogens with zero attached hydrogens (tertiary/aromatic N) is 1. The predicted octanol–water partition coefficient (Wildman–Crippen LogP) is 2.10. The molecule has 1 aliphatic heterocycles. The fraction of sp³-hybridized carbons (Fsp3) is 0.867. The molecule has 1 heterocycles. The number of piperidine rings is 1. The first-order valence-electron chi connectivity index (χ1n) is 7.40. The number of aliphatic hydroxyl groups is 1. The average Bonchev–Trinajstić information content (AvgIpc) is 2.33. The smallest absolute Gasteiger partial charge is 0.229 e. The maximum Gasteiger partial charge on any atom is 0.229 e. The predicted molar refractivity (Wildman–Crippen MR) is 72.3 cm³/mol. The molecule has 1 atom stereocenters. The summed E-state index contributed by atoms with van der Waals surface area (Å²) in [4.78, 5) is 25.3. The number of hydrogen-bond acceptors (Lipinski definition) is 3. The molecule has 0 radical (unpaired) electrons. The Morgan fingerprint density at radius 2 is 1.68 bits per heavy atom. The Labute approximate surface area is 115 Å². The van der Waals surface area contributed by atoms with Crippen molar-refractivity contribution in [3.8, 4) is 0 Å². The van der Waals surface area contributed by atoms with Gasteiger partial charge in [0.15, 0.2) is 0 Å². The number of likely N-dealkylation sites (tertiary alicyclic amines) is 1. The van der Waals surface area contributed by atoms with Gasteiger partial charge in [0.05, 0.1) is 12.6 Å². The third kappa shape index (κ3) is 3.56. The van der Waals surface area contributed by atoms with Gasteiger partial charge in [0.1, 0.15) is 0 Å². The standard InChI is InChI=1S/C15H25NO3/c1-15(2)8-13(18)16(14(19)9-15)10-12(17)11-6-4-3-5-7-11/h11-12,17H,3-10H2,1-2H3. The van der Waals surface area contributed by atoms with Crippen molar-refractivity contribution in [2.24, 2.45) is 11.3 Å². The molecule has 1 aliphatic carbocycles. The van der Waals surface area contributed by atoms with Crippen molar-refractivity contribution in [1.82, 2.24) is 4.90 Å². The summed E-state index contributed by atoms with van der Waals surface area (Å²) in [5, 5.41) is 10.2. The van der Waals surface area contributed by atoms with E-state index in [9.17, 15) is 14.7 Å². The van der Waals surface area contributed by atoms with Crippen molar-refractivity contribution in [1.29, 1.82) is 0 Å². The molecule has 4 nitrogen and oxygen atoms in total. The molecule has 1 saturated heterocycles. The Morgan fingerprint density at radius 3 is 2.21 bits per heavy atom. The molecule has 2 fully saturated rings. The van der Waals surface area contributed by atoms with E-state index in [1.807, 2.05) is 13.8 Å². The quantitative estimate of drug-likeness (QED) is 0.797. The third-order valence-corrected chi connectivity index (χ3v) is 4.43. The summed E-state index contributed by atoms with van der Waals surface area (Å²) < 4.78 is 0. The van der Waals surface area contributed by atoms with Crippen LogP contribution in [0, 0.1) is 11.3 Å². The number of aliphatic hydroxyl groups excluding tert-OH is 1. The highest BCUT2D eigenvalue weighted by Gasteiger charge is 2.38. The molecule has 2 rings (SSSR count). The Hall–Kier alpha value is -0.900. The van der Waals surface area contributed by atoms with Gasteiger partial charge in [-0.2, -0.15) is 0 Å². The lowest BCUT2D eigenvalue weighted by atomic mass is 9.81. The molecule has 4 heteroatoms. The summed E-state index contributed by atoms with van der Waals surface area (Å²) in [6, 6.07) is 0. The van der Waals surface area contributed by atoms with Gasteiger partial charge in [-0.05, 0) is 24.2 Å². The van der Waals surface area contributed by atoms with Crippen LogP contribution in [0.15, 0.2) is 0 Å². The molecule has 1 saturated carbocycles. The minimum atomic E-state index is -0.547. The van der Waals surface area contributed by atoms with E-state index < -0.39 is 6.10 Å². The Bertz CT molecular complexity index is 338. The lowest BCUT2D eigenvalue weighted by Crippen LogP contribution is -2.50. The van der Waals surface area contributed by atoms with Crippen LogP contribution in [0.1, 0.15) is 58.8 Å². The largest absolute Gasteiger partial charge is 0.391 e. The first kappa shape index (κ1) is 14.5. The summed E-state index contributed by atoms with van der Waals surface area (Å²) in [6.45, 7) is 4.08. The molecule has 0 aromatic heterocycles. The van der Waals surface area contributed by atoms with E-state index in [1.165, 1.54) is 11.3 Å². The molecule has 2 aliphatic rings. The topological polar surface area (TPSA) is 57.6 Å². The van der Waals surface area contributed by atoms with Crippen molar-refractivity contribution in [2.75, 3.05) is 6.54 Å².